The fourth-order valence-electron chi connectivity index (χ4n) is 2.02. The summed E-state index contributed by atoms with van der Waals surface area (Å²) in [6.07, 6.45) is 7.19. The molecule has 1 aromatic heterocycles. The molecule has 0 bridgehead atoms. The summed E-state index contributed by atoms with van der Waals surface area (Å²) in [7, 11) is 0. The SMILES string of the molecule is NCc1ccc(N2CCCCCC2)nc1. The lowest BCUT2D eigenvalue weighted by molar-refractivity contribution is 0.726. The topological polar surface area (TPSA) is 42.1 Å². The summed E-state index contributed by atoms with van der Waals surface area (Å²) in [4.78, 5) is 6.84. The third-order valence-corrected chi connectivity index (χ3v) is 2.97. The Labute approximate surface area is 91.3 Å². The van der Waals surface area contributed by atoms with Crippen LogP contribution in [-0.4, -0.2) is 18.1 Å². The molecule has 2 heterocycles. The van der Waals surface area contributed by atoms with Gasteiger partial charge in [-0.15, -0.1) is 0 Å². The molecule has 1 aliphatic heterocycles. The second kappa shape index (κ2) is 5.12. The summed E-state index contributed by atoms with van der Waals surface area (Å²) in [6.45, 7) is 2.87. The van der Waals surface area contributed by atoms with E-state index in [1.807, 2.05) is 6.20 Å². The zero-order valence-corrected chi connectivity index (χ0v) is 9.15. The van der Waals surface area contributed by atoms with Gasteiger partial charge in [-0.1, -0.05) is 18.9 Å². The van der Waals surface area contributed by atoms with Gasteiger partial charge in [0, 0.05) is 25.8 Å². The van der Waals surface area contributed by atoms with Crippen LogP contribution in [0.25, 0.3) is 0 Å². The Hall–Kier alpha value is -1.09. The second-order valence-electron chi connectivity index (χ2n) is 4.13. The summed E-state index contributed by atoms with van der Waals surface area (Å²) >= 11 is 0. The Morgan fingerprint density at radius 1 is 1.13 bits per heavy atom. The van der Waals surface area contributed by atoms with Crippen LogP contribution in [-0.2, 0) is 6.54 Å². The van der Waals surface area contributed by atoms with Gasteiger partial charge in [0.1, 0.15) is 5.82 Å². The van der Waals surface area contributed by atoms with E-state index >= 15 is 0 Å². The molecule has 82 valence electrons. The highest BCUT2D eigenvalue weighted by Gasteiger charge is 2.10. The van der Waals surface area contributed by atoms with Crippen molar-refractivity contribution in [1.29, 1.82) is 0 Å². The summed E-state index contributed by atoms with van der Waals surface area (Å²) < 4.78 is 0. The van der Waals surface area contributed by atoms with Crippen molar-refractivity contribution in [2.75, 3.05) is 18.0 Å². The van der Waals surface area contributed by atoms with Gasteiger partial charge >= 0.3 is 0 Å². The zero-order chi connectivity index (χ0) is 10.5. The highest BCUT2D eigenvalue weighted by molar-refractivity contribution is 5.39. The van der Waals surface area contributed by atoms with Crippen LogP contribution in [0.5, 0.6) is 0 Å². The first kappa shape index (κ1) is 10.4. The van der Waals surface area contributed by atoms with Crippen LogP contribution >= 0.6 is 0 Å². The normalized spacial score (nSPS) is 17.5. The molecular formula is C12H19N3. The Bertz CT molecular complexity index is 286. The number of hydrogen-bond acceptors (Lipinski definition) is 3. The van der Waals surface area contributed by atoms with Crippen LogP contribution in [0.15, 0.2) is 18.3 Å². The second-order valence-corrected chi connectivity index (χ2v) is 4.13. The van der Waals surface area contributed by atoms with E-state index in [4.69, 9.17) is 5.73 Å². The van der Waals surface area contributed by atoms with Gasteiger partial charge in [0.05, 0.1) is 0 Å². The van der Waals surface area contributed by atoms with Crippen LogP contribution in [0, 0.1) is 0 Å². The van der Waals surface area contributed by atoms with Crippen molar-refractivity contribution in [3.63, 3.8) is 0 Å². The maximum atomic E-state index is 5.55. The van der Waals surface area contributed by atoms with Crippen LogP contribution in [0.4, 0.5) is 5.82 Å². The van der Waals surface area contributed by atoms with E-state index in [1.54, 1.807) is 0 Å². The molecule has 1 saturated heterocycles. The molecular weight excluding hydrogens is 186 g/mol. The minimum absolute atomic E-state index is 0.577. The maximum absolute atomic E-state index is 5.55. The van der Waals surface area contributed by atoms with Crippen molar-refractivity contribution in [3.05, 3.63) is 23.9 Å². The molecule has 3 heteroatoms. The number of hydrogen-bond donors (Lipinski definition) is 1. The fraction of sp³-hybridized carbons (Fsp3) is 0.583. The number of aromatic nitrogens is 1. The molecule has 0 saturated carbocycles. The van der Waals surface area contributed by atoms with Crippen LogP contribution in [0.1, 0.15) is 31.2 Å². The predicted molar refractivity (Wildman–Crippen MR) is 62.8 cm³/mol. The minimum Gasteiger partial charge on any atom is -0.357 e. The van der Waals surface area contributed by atoms with E-state index in [0.717, 1.165) is 24.5 Å². The van der Waals surface area contributed by atoms with E-state index < -0.39 is 0 Å². The third-order valence-electron chi connectivity index (χ3n) is 2.97. The number of anilines is 1. The molecule has 15 heavy (non-hydrogen) atoms. The Balaban J connectivity index is 2.06. The quantitative estimate of drug-likeness (QED) is 0.802. The molecule has 1 aromatic rings. The van der Waals surface area contributed by atoms with Crippen molar-refractivity contribution in [1.82, 2.24) is 4.98 Å². The molecule has 0 radical (unpaired) electrons. The first-order valence-electron chi connectivity index (χ1n) is 5.80. The van der Waals surface area contributed by atoms with Crippen molar-refractivity contribution < 1.29 is 0 Å². The average Bonchev–Trinajstić information content (AvgIpc) is 2.58. The van der Waals surface area contributed by atoms with Crippen LogP contribution in [0.3, 0.4) is 0 Å². The molecule has 0 aromatic carbocycles. The molecule has 1 fully saturated rings. The minimum atomic E-state index is 0.577. The van der Waals surface area contributed by atoms with E-state index in [2.05, 4.69) is 22.0 Å². The molecule has 1 aliphatic rings. The maximum Gasteiger partial charge on any atom is 0.128 e. The number of pyridine rings is 1. The van der Waals surface area contributed by atoms with Gasteiger partial charge in [0.15, 0.2) is 0 Å². The highest BCUT2D eigenvalue weighted by Crippen LogP contribution is 2.17. The number of nitrogens with two attached hydrogens (primary N) is 1. The Morgan fingerprint density at radius 3 is 2.40 bits per heavy atom. The van der Waals surface area contributed by atoms with Gasteiger partial charge in [-0.05, 0) is 24.5 Å². The molecule has 0 spiro atoms. The molecule has 2 N–H and O–H groups in total. The van der Waals surface area contributed by atoms with Crippen molar-refractivity contribution in [2.45, 2.75) is 32.2 Å². The zero-order valence-electron chi connectivity index (χ0n) is 9.15. The van der Waals surface area contributed by atoms with Crippen LogP contribution in [0.2, 0.25) is 0 Å². The van der Waals surface area contributed by atoms with Crippen molar-refractivity contribution in [2.24, 2.45) is 5.73 Å². The predicted octanol–water partition coefficient (Wildman–Crippen LogP) is 1.92. The number of rotatable bonds is 2. The largest absolute Gasteiger partial charge is 0.357 e. The summed E-state index contributed by atoms with van der Waals surface area (Å²) in [6, 6.07) is 4.17. The monoisotopic (exact) mass is 205 g/mol. The van der Waals surface area contributed by atoms with Gasteiger partial charge < -0.3 is 10.6 Å². The molecule has 2 rings (SSSR count). The lowest BCUT2D eigenvalue weighted by Gasteiger charge is -2.21. The van der Waals surface area contributed by atoms with E-state index in [9.17, 15) is 0 Å². The molecule has 0 atom stereocenters. The fourth-order valence-corrected chi connectivity index (χ4v) is 2.02. The van der Waals surface area contributed by atoms with E-state index in [0.29, 0.717) is 6.54 Å². The smallest absolute Gasteiger partial charge is 0.128 e. The first-order valence-corrected chi connectivity index (χ1v) is 5.80. The summed E-state index contributed by atoms with van der Waals surface area (Å²) in [5.74, 6) is 1.11. The first-order chi connectivity index (χ1) is 7.40. The van der Waals surface area contributed by atoms with Gasteiger partial charge in [0.25, 0.3) is 0 Å². The van der Waals surface area contributed by atoms with Crippen molar-refractivity contribution in [3.8, 4) is 0 Å². The van der Waals surface area contributed by atoms with Crippen molar-refractivity contribution >= 4 is 5.82 Å². The lowest BCUT2D eigenvalue weighted by Crippen LogP contribution is -2.24. The van der Waals surface area contributed by atoms with Gasteiger partial charge in [0.2, 0.25) is 0 Å². The third kappa shape index (κ3) is 2.69. The highest BCUT2D eigenvalue weighted by atomic mass is 15.2. The summed E-state index contributed by atoms with van der Waals surface area (Å²) in [5.41, 5.74) is 6.65. The lowest BCUT2D eigenvalue weighted by atomic mass is 10.2. The van der Waals surface area contributed by atoms with Gasteiger partial charge in [-0.2, -0.15) is 0 Å². The molecule has 0 unspecified atom stereocenters. The van der Waals surface area contributed by atoms with Gasteiger partial charge in [-0.25, -0.2) is 4.98 Å². The number of nitrogens with zero attached hydrogens (tertiary/aromatic N) is 2. The van der Waals surface area contributed by atoms with Crippen LogP contribution < -0.4 is 10.6 Å². The van der Waals surface area contributed by atoms with Gasteiger partial charge in [-0.3, -0.25) is 0 Å². The summed E-state index contributed by atoms with van der Waals surface area (Å²) in [5, 5.41) is 0. The average molecular weight is 205 g/mol. The Kier molecular flexibility index (Phi) is 3.56. The standard InChI is InChI=1S/C12H19N3/c13-9-11-5-6-12(14-10-11)15-7-3-1-2-4-8-15/h5-6,10H,1-4,7-9,13H2. The molecule has 0 amide bonds. The van der Waals surface area contributed by atoms with E-state index in [1.165, 1.54) is 25.7 Å². The Morgan fingerprint density at radius 2 is 1.87 bits per heavy atom. The van der Waals surface area contributed by atoms with E-state index in [-0.39, 0.29) is 0 Å². The molecule has 3 nitrogen and oxygen atoms in total. The molecule has 0 aliphatic carbocycles.